The summed E-state index contributed by atoms with van der Waals surface area (Å²) in [6.07, 6.45) is 4.56. The number of hydrogen-bond acceptors (Lipinski definition) is 5. The van der Waals surface area contributed by atoms with Gasteiger partial charge >= 0.3 is 6.09 Å². The van der Waals surface area contributed by atoms with Gasteiger partial charge in [-0.05, 0) is 52.9 Å². The molecule has 8 heteroatoms. The lowest BCUT2D eigenvalue weighted by Gasteiger charge is -2.34. The van der Waals surface area contributed by atoms with E-state index in [9.17, 15) is 4.79 Å². The quantitative estimate of drug-likeness (QED) is 0.273. The molecule has 0 saturated carbocycles. The fraction of sp³-hybridized carbons (Fsp3) is 0.905. The fourth-order valence-corrected chi connectivity index (χ4v) is 3.09. The topological polar surface area (TPSA) is 93.2 Å². The van der Waals surface area contributed by atoms with Crippen molar-refractivity contribution in [3.63, 3.8) is 0 Å². The lowest BCUT2D eigenvalue weighted by Crippen LogP contribution is -2.57. The monoisotopic (exact) mass is 414 g/mol. The number of carbonyl (C=O) groups excluding carboxylic acids is 1. The molecule has 0 aromatic heterocycles. The number of guanidine groups is 1. The Labute approximate surface area is 176 Å². The van der Waals surface area contributed by atoms with E-state index in [0.717, 1.165) is 45.3 Å². The maximum atomic E-state index is 12.2. The van der Waals surface area contributed by atoms with Crippen LogP contribution in [0.4, 0.5) is 4.79 Å². The molecule has 1 amide bonds. The van der Waals surface area contributed by atoms with Crippen LogP contribution in [0.25, 0.3) is 0 Å². The zero-order chi connectivity index (χ0) is 21.8. The number of carbonyl (C=O) groups is 1. The van der Waals surface area contributed by atoms with Crippen LogP contribution >= 0.6 is 0 Å². The molecule has 1 aliphatic rings. The van der Waals surface area contributed by atoms with Crippen LogP contribution in [0.1, 0.15) is 66.7 Å². The van der Waals surface area contributed by atoms with Gasteiger partial charge < -0.3 is 30.2 Å². The molecule has 1 unspecified atom stereocenters. The molecule has 0 aliphatic carbocycles. The second-order valence-corrected chi connectivity index (χ2v) is 8.53. The van der Waals surface area contributed by atoms with Crippen molar-refractivity contribution in [2.75, 3.05) is 40.0 Å². The van der Waals surface area contributed by atoms with Gasteiger partial charge in [0.25, 0.3) is 0 Å². The Balaban J connectivity index is 2.33. The third kappa shape index (κ3) is 10.7. The number of nitrogens with zero attached hydrogens (tertiary/aromatic N) is 1. The summed E-state index contributed by atoms with van der Waals surface area (Å²) in [5.74, 6) is 0.710. The van der Waals surface area contributed by atoms with E-state index in [0.29, 0.717) is 25.7 Å². The molecule has 1 aliphatic heterocycles. The summed E-state index contributed by atoms with van der Waals surface area (Å²) in [5, 5.41) is 9.66. The van der Waals surface area contributed by atoms with Gasteiger partial charge in [0, 0.05) is 33.4 Å². The van der Waals surface area contributed by atoms with Crippen molar-refractivity contribution in [2.45, 2.75) is 84.0 Å². The van der Waals surface area contributed by atoms with Crippen molar-refractivity contribution in [2.24, 2.45) is 4.99 Å². The molecule has 1 heterocycles. The molecule has 0 radical (unpaired) electrons. The van der Waals surface area contributed by atoms with Gasteiger partial charge in [-0.3, -0.25) is 4.99 Å². The van der Waals surface area contributed by atoms with Crippen molar-refractivity contribution in [1.29, 1.82) is 0 Å². The lowest BCUT2D eigenvalue weighted by molar-refractivity contribution is 0.0168. The van der Waals surface area contributed by atoms with E-state index in [1.165, 1.54) is 0 Å². The second-order valence-electron chi connectivity index (χ2n) is 8.53. The Hall–Kier alpha value is -1.54. The Morgan fingerprint density at radius 3 is 2.48 bits per heavy atom. The number of nitrogens with one attached hydrogen (secondary N) is 3. The molecule has 1 fully saturated rings. The van der Waals surface area contributed by atoms with Crippen LogP contribution in [0.15, 0.2) is 4.99 Å². The number of ether oxygens (including phenoxy) is 3. The van der Waals surface area contributed by atoms with Crippen LogP contribution in [0.2, 0.25) is 0 Å². The zero-order valence-corrected chi connectivity index (χ0v) is 19.2. The van der Waals surface area contributed by atoms with Crippen molar-refractivity contribution in [1.82, 2.24) is 16.0 Å². The Bertz CT molecular complexity index is 495. The maximum Gasteiger partial charge on any atom is 0.408 e. The van der Waals surface area contributed by atoms with E-state index >= 15 is 0 Å². The van der Waals surface area contributed by atoms with E-state index in [1.807, 2.05) is 20.8 Å². The summed E-state index contributed by atoms with van der Waals surface area (Å²) in [6.45, 7) is 13.3. The van der Waals surface area contributed by atoms with E-state index in [4.69, 9.17) is 14.2 Å². The lowest BCUT2D eigenvalue weighted by atomic mass is 9.93. The highest BCUT2D eigenvalue weighted by molar-refractivity contribution is 5.79. The van der Waals surface area contributed by atoms with E-state index < -0.39 is 17.2 Å². The molecular weight excluding hydrogens is 372 g/mol. The first-order chi connectivity index (χ1) is 13.7. The van der Waals surface area contributed by atoms with E-state index in [2.05, 4.69) is 34.8 Å². The molecule has 1 atom stereocenters. The summed E-state index contributed by atoms with van der Waals surface area (Å²) in [6, 6.07) is 0. The summed E-state index contributed by atoms with van der Waals surface area (Å²) in [7, 11) is 1.74. The van der Waals surface area contributed by atoms with Crippen molar-refractivity contribution < 1.29 is 19.0 Å². The van der Waals surface area contributed by atoms with Gasteiger partial charge in [0.2, 0.25) is 0 Å². The van der Waals surface area contributed by atoms with Crippen LogP contribution in [-0.2, 0) is 14.2 Å². The molecule has 170 valence electrons. The minimum absolute atomic E-state index is 0.270. The number of alkyl carbamates (subject to hydrolysis) is 1. The minimum atomic E-state index is -0.520. The number of rotatable bonds is 11. The normalized spacial score (nSPS) is 17.9. The van der Waals surface area contributed by atoms with E-state index in [1.54, 1.807) is 7.05 Å². The zero-order valence-electron chi connectivity index (χ0n) is 19.2. The third-order valence-electron chi connectivity index (χ3n) is 5.02. The predicted octanol–water partition coefficient (Wildman–Crippen LogP) is 2.82. The SMILES string of the molecule is CCC(CC)(CNC(=NC)NCCCOCC1CCCO1)NC(=O)OC(C)(C)C. The minimum Gasteiger partial charge on any atom is -0.444 e. The average molecular weight is 415 g/mol. The van der Waals surface area contributed by atoms with Gasteiger partial charge in [0.15, 0.2) is 5.96 Å². The van der Waals surface area contributed by atoms with Crippen molar-refractivity contribution >= 4 is 12.1 Å². The summed E-state index contributed by atoms with van der Waals surface area (Å²) in [4.78, 5) is 16.5. The highest BCUT2D eigenvalue weighted by Gasteiger charge is 2.30. The third-order valence-corrected chi connectivity index (χ3v) is 5.02. The summed E-state index contributed by atoms with van der Waals surface area (Å²) in [5.41, 5.74) is -0.918. The second kappa shape index (κ2) is 12.9. The number of hydrogen-bond donors (Lipinski definition) is 3. The molecule has 8 nitrogen and oxygen atoms in total. The molecule has 0 aromatic carbocycles. The summed E-state index contributed by atoms with van der Waals surface area (Å²) >= 11 is 0. The van der Waals surface area contributed by atoms with Crippen molar-refractivity contribution in [3.8, 4) is 0 Å². The fourth-order valence-electron chi connectivity index (χ4n) is 3.09. The summed E-state index contributed by atoms with van der Waals surface area (Å²) < 4.78 is 16.6. The highest BCUT2D eigenvalue weighted by Crippen LogP contribution is 2.16. The van der Waals surface area contributed by atoms with Crippen LogP contribution in [0.5, 0.6) is 0 Å². The molecule has 29 heavy (non-hydrogen) atoms. The smallest absolute Gasteiger partial charge is 0.408 e. The van der Waals surface area contributed by atoms with E-state index in [-0.39, 0.29) is 6.10 Å². The van der Waals surface area contributed by atoms with Crippen LogP contribution < -0.4 is 16.0 Å². The Morgan fingerprint density at radius 2 is 1.93 bits per heavy atom. The molecule has 1 rings (SSSR count). The van der Waals surface area contributed by atoms with Gasteiger partial charge in [0.05, 0.1) is 18.2 Å². The van der Waals surface area contributed by atoms with Gasteiger partial charge in [-0.1, -0.05) is 13.8 Å². The van der Waals surface area contributed by atoms with Gasteiger partial charge in [-0.15, -0.1) is 0 Å². The molecular formula is C21H42N4O4. The van der Waals surface area contributed by atoms with Crippen molar-refractivity contribution in [3.05, 3.63) is 0 Å². The number of aliphatic imine (C=N–C) groups is 1. The number of amides is 1. The van der Waals surface area contributed by atoms with Crippen LogP contribution in [0.3, 0.4) is 0 Å². The standard InChI is InChI=1S/C21H42N4O4/c1-7-21(8-2,25-19(26)29-20(3,4)5)16-24-18(22-6)23-12-10-13-27-15-17-11-9-14-28-17/h17H,7-16H2,1-6H3,(H,25,26)(H2,22,23,24). The Morgan fingerprint density at radius 1 is 1.21 bits per heavy atom. The van der Waals surface area contributed by atoms with Crippen LogP contribution in [-0.4, -0.2) is 69.3 Å². The van der Waals surface area contributed by atoms with Gasteiger partial charge in [-0.25, -0.2) is 4.79 Å². The largest absolute Gasteiger partial charge is 0.444 e. The highest BCUT2D eigenvalue weighted by atomic mass is 16.6. The molecule has 0 spiro atoms. The van der Waals surface area contributed by atoms with Crippen LogP contribution in [0, 0.1) is 0 Å². The maximum absolute atomic E-state index is 12.2. The van der Waals surface area contributed by atoms with Gasteiger partial charge in [-0.2, -0.15) is 0 Å². The first kappa shape index (κ1) is 25.5. The average Bonchev–Trinajstić information content (AvgIpc) is 3.17. The first-order valence-corrected chi connectivity index (χ1v) is 10.9. The molecule has 0 bridgehead atoms. The van der Waals surface area contributed by atoms with Gasteiger partial charge in [0.1, 0.15) is 5.60 Å². The molecule has 1 saturated heterocycles. The molecule has 0 aromatic rings. The Kier molecular flexibility index (Phi) is 11.3. The first-order valence-electron chi connectivity index (χ1n) is 10.9. The molecule has 3 N–H and O–H groups in total. The predicted molar refractivity (Wildman–Crippen MR) is 116 cm³/mol.